The van der Waals surface area contributed by atoms with E-state index in [1.54, 1.807) is 19.2 Å². The number of nitrogens with two attached hydrogens (primary N) is 1. The Morgan fingerprint density at radius 3 is 2.66 bits per heavy atom. The minimum absolute atomic E-state index is 0. The number of rotatable bonds is 10. The number of ether oxygens (including phenoxy) is 2. The van der Waals surface area contributed by atoms with E-state index in [-0.39, 0.29) is 29.7 Å². The molecule has 1 aromatic carbocycles. The smallest absolute Gasteiger partial charge is 0.284 e. The van der Waals surface area contributed by atoms with Crippen LogP contribution in [0, 0.1) is 6.92 Å². The van der Waals surface area contributed by atoms with Crippen molar-refractivity contribution in [2.24, 2.45) is 10.7 Å². The fourth-order valence-corrected chi connectivity index (χ4v) is 2.44. The number of aliphatic imine (C=N–C) groups is 1. The Labute approximate surface area is 188 Å². The molecular weight excluding hydrogens is 487 g/mol. The molecule has 0 unspecified atom stereocenters. The molecule has 0 fully saturated rings. The highest BCUT2D eigenvalue weighted by atomic mass is 127. The second-order valence-electron chi connectivity index (χ2n) is 6.13. The Morgan fingerprint density at radius 2 is 2.00 bits per heavy atom. The maximum absolute atomic E-state index is 11.1. The lowest BCUT2D eigenvalue weighted by atomic mass is 10.1. The number of carbonyl (C=O) groups is 1. The van der Waals surface area contributed by atoms with Crippen molar-refractivity contribution in [3.8, 4) is 5.75 Å². The molecule has 0 radical (unpaired) electrons. The lowest BCUT2D eigenvalue weighted by molar-refractivity contribution is 0.0972. The molecule has 9 heteroatoms. The van der Waals surface area contributed by atoms with Gasteiger partial charge in [0, 0.05) is 19.2 Å². The van der Waals surface area contributed by atoms with Crippen LogP contribution in [0.3, 0.4) is 0 Å². The van der Waals surface area contributed by atoms with Crippen LogP contribution < -0.4 is 21.1 Å². The highest BCUT2D eigenvalue weighted by Gasteiger charge is 2.08. The summed E-state index contributed by atoms with van der Waals surface area (Å²) in [4.78, 5) is 15.7. The van der Waals surface area contributed by atoms with Crippen molar-refractivity contribution in [1.29, 1.82) is 0 Å². The zero-order chi connectivity index (χ0) is 20.4. The van der Waals surface area contributed by atoms with Gasteiger partial charge in [0.25, 0.3) is 5.91 Å². The molecule has 4 N–H and O–H groups in total. The zero-order valence-corrected chi connectivity index (χ0v) is 19.3. The quantitative estimate of drug-likeness (QED) is 0.194. The second kappa shape index (κ2) is 13.0. The third kappa shape index (κ3) is 8.32. The Morgan fingerprint density at radius 1 is 1.21 bits per heavy atom. The lowest BCUT2D eigenvalue weighted by Crippen LogP contribution is -2.36. The summed E-state index contributed by atoms with van der Waals surface area (Å²) >= 11 is 0. The van der Waals surface area contributed by atoms with Crippen LogP contribution in [0.15, 0.2) is 39.7 Å². The fraction of sp³-hybridized carbons (Fsp3) is 0.400. The molecule has 1 aromatic heterocycles. The largest absolute Gasteiger partial charge is 0.491 e. The number of hydrogen-bond donors (Lipinski definition) is 3. The number of halogens is 1. The van der Waals surface area contributed by atoms with E-state index in [0.717, 1.165) is 16.9 Å². The van der Waals surface area contributed by atoms with Crippen LogP contribution in [0.25, 0.3) is 0 Å². The first-order chi connectivity index (χ1) is 13.5. The lowest BCUT2D eigenvalue weighted by Gasteiger charge is -2.13. The molecule has 0 atom stereocenters. The molecule has 8 nitrogen and oxygen atoms in total. The van der Waals surface area contributed by atoms with Gasteiger partial charge in [-0.3, -0.25) is 4.79 Å². The Hall–Kier alpha value is -2.27. The summed E-state index contributed by atoms with van der Waals surface area (Å²) in [5, 5.41) is 6.36. The number of amides is 1. The van der Waals surface area contributed by atoms with Gasteiger partial charge in [-0.15, -0.1) is 24.0 Å². The molecular formula is C20H29IN4O4. The van der Waals surface area contributed by atoms with Gasteiger partial charge in [0.05, 0.1) is 19.7 Å². The average Bonchev–Trinajstić information content (AvgIpc) is 3.15. The molecule has 0 spiro atoms. The highest BCUT2D eigenvalue weighted by molar-refractivity contribution is 14.0. The minimum Gasteiger partial charge on any atom is -0.491 e. The van der Waals surface area contributed by atoms with E-state index < -0.39 is 5.91 Å². The third-order valence-corrected chi connectivity index (χ3v) is 3.85. The van der Waals surface area contributed by atoms with Crippen molar-refractivity contribution in [1.82, 2.24) is 10.6 Å². The van der Waals surface area contributed by atoms with Crippen LogP contribution in [0.1, 0.15) is 34.4 Å². The number of nitrogens with one attached hydrogen (secondary N) is 2. The van der Waals surface area contributed by atoms with Gasteiger partial charge in [-0.25, -0.2) is 4.99 Å². The molecule has 29 heavy (non-hydrogen) atoms. The average molecular weight is 516 g/mol. The Bertz CT molecular complexity index is 808. The van der Waals surface area contributed by atoms with Gasteiger partial charge in [-0.05, 0) is 37.6 Å². The molecule has 2 aromatic rings. The number of methoxy groups -OCH3 is 1. The van der Waals surface area contributed by atoms with E-state index in [4.69, 9.17) is 19.6 Å². The molecule has 0 saturated carbocycles. The fourth-order valence-electron chi connectivity index (χ4n) is 2.44. The van der Waals surface area contributed by atoms with Gasteiger partial charge in [0.2, 0.25) is 0 Å². The van der Waals surface area contributed by atoms with Crippen molar-refractivity contribution in [2.75, 3.05) is 26.9 Å². The first kappa shape index (κ1) is 24.8. The number of furan rings is 1. The minimum atomic E-state index is -0.591. The molecule has 0 aliphatic rings. The summed E-state index contributed by atoms with van der Waals surface area (Å²) < 4.78 is 16.2. The molecule has 2 rings (SSSR count). The molecule has 1 amide bonds. The van der Waals surface area contributed by atoms with Gasteiger partial charge in [-0.2, -0.15) is 0 Å². The van der Waals surface area contributed by atoms with Crippen molar-refractivity contribution in [3.05, 3.63) is 53.0 Å². The van der Waals surface area contributed by atoms with Crippen molar-refractivity contribution in [2.45, 2.75) is 26.9 Å². The summed E-state index contributed by atoms with van der Waals surface area (Å²) in [6.07, 6.45) is 0. The second-order valence-corrected chi connectivity index (χ2v) is 6.13. The molecule has 0 aliphatic carbocycles. The normalized spacial score (nSPS) is 10.9. The number of guanidine groups is 1. The SMILES string of the molecule is CCNC(=NCc1ccc(C)cc1OCCOC)NCc1ccc(C(N)=O)o1.I. The van der Waals surface area contributed by atoms with Crippen molar-refractivity contribution >= 4 is 35.8 Å². The number of carbonyl (C=O) groups excluding carboxylic acids is 1. The summed E-state index contributed by atoms with van der Waals surface area (Å²) in [5.41, 5.74) is 7.30. The van der Waals surface area contributed by atoms with E-state index >= 15 is 0 Å². The van der Waals surface area contributed by atoms with Crippen LogP contribution in [-0.4, -0.2) is 38.7 Å². The van der Waals surface area contributed by atoms with Crippen LogP contribution in [0.5, 0.6) is 5.75 Å². The van der Waals surface area contributed by atoms with Crippen LogP contribution in [0.2, 0.25) is 0 Å². The van der Waals surface area contributed by atoms with E-state index in [9.17, 15) is 4.79 Å². The van der Waals surface area contributed by atoms with Crippen LogP contribution >= 0.6 is 24.0 Å². The number of benzene rings is 1. The van der Waals surface area contributed by atoms with E-state index in [1.165, 1.54) is 0 Å². The first-order valence-corrected chi connectivity index (χ1v) is 9.15. The summed E-state index contributed by atoms with van der Waals surface area (Å²) in [6.45, 7) is 6.55. The predicted octanol–water partition coefficient (Wildman–Crippen LogP) is 2.59. The zero-order valence-electron chi connectivity index (χ0n) is 17.0. The molecule has 1 heterocycles. The standard InChI is InChI=1S/C20H28N4O4.HI/c1-4-22-20(24-13-16-7-8-17(28-16)19(21)25)23-12-15-6-5-14(2)11-18(15)27-10-9-26-3;/h5-8,11H,4,9-10,12-13H2,1-3H3,(H2,21,25)(H2,22,23,24);1H. The monoisotopic (exact) mass is 516 g/mol. The topological polar surface area (TPSA) is 111 Å². The molecule has 160 valence electrons. The number of hydrogen-bond acceptors (Lipinski definition) is 5. The van der Waals surface area contributed by atoms with Crippen LogP contribution in [-0.2, 0) is 17.8 Å². The van der Waals surface area contributed by atoms with E-state index in [2.05, 4.69) is 15.6 Å². The number of primary amides is 1. The summed E-state index contributed by atoms with van der Waals surface area (Å²) in [6, 6.07) is 9.30. The predicted molar refractivity (Wildman–Crippen MR) is 123 cm³/mol. The van der Waals surface area contributed by atoms with Crippen molar-refractivity contribution < 1.29 is 18.7 Å². The highest BCUT2D eigenvalue weighted by Crippen LogP contribution is 2.21. The van der Waals surface area contributed by atoms with Gasteiger partial charge in [0.15, 0.2) is 11.7 Å². The third-order valence-electron chi connectivity index (χ3n) is 3.85. The Kier molecular flexibility index (Phi) is 11.1. The van der Waals surface area contributed by atoms with Gasteiger partial charge >= 0.3 is 0 Å². The van der Waals surface area contributed by atoms with Gasteiger partial charge < -0.3 is 30.3 Å². The van der Waals surface area contributed by atoms with E-state index in [1.807, 2.05) is 32.0 Å². The van der Waals surface area contributed by atoms with Crippen molar-refractivity contribution in [3.63, 3.8) is 0 Å². The summed E-state index contributed by atoms with van der Waals surface area (Å²) in [7, 11) is 1.64. The number of aryl methyl sites for hydroxylation is 1. The maximum atomic E-state index is 11.1. The van der Waals surface area contributed by atoms with Gasteiger partial charge in [0.1, 0.15) is 18.1 Å². The van der Waals surface area contributed by atoms with E-state index in [0.29, 0.717) is 44.6 Å². The molecule has 0 bridgehead atoms. The van der Waals surface area contributed by atoms with Crippen LogP contribution in [0.4, 0.5) is 0 Å². The van der Waals surface area contributed by atoms with Gasteiger partial charge in [-0.1, -0.05) is 12.1 Å². The molecule has 0 aliphatic heterocycles. The Balaban J connectivity index is 0.00000420. The number of nitrogens with zero attached hydrogens (tertiary/aromatic N) is 1. The maximum Gasteiger partial charge on any atom is 0.284 e. The summed E-state index contributed by atoms with van der Waals surface area (Å²) in [5.74, 6) is 1.57. The molecule has 0 saturated heterocycles. The first-order valence-electron chi connectivity index (χ1n) is 9.15.